The van der Waals surface area contributed by atoms with E-state index in [0.29, 0.717) is 37.7 Å². The van der Waals surface area contributed by atoms with E-state index in [0.717, 1.165) is 13.0 Å². The highest BCUT2D eigenvalue weighted by molar-refractivity contribution is 5.35. The maximum Gasteiger partial charge on any atom is 0.323 e. The summed E-state index contributed by atoms with van der Waals surface area (Å²) >= 11 is 0. The first kappa shape index (κ1) is 17.4. The lowest BCUT2D eigenvalue weighted by Crippen LogP contribution is -2.15. The number of aliphatic hydroxyl groups is 1. The van der Waals surface area contributed by atoms with Crippen LogP contribution in [-0.4, -0.2) is 59.1 Å². The summed E-state index contributed by atoms with van der Waals surface area (Å²) in [5, 5.41) is 14.8. The Morgan fingerprint density at radius 3 is 2.43 bits per heavy atom. The molecule has 0 saturated heterocycles. The molecular formula is C13H25N5O3. The van der Waals surface area contributed by atoms with E-state index in [1.54, 1.807) is 0 Å². The minimum Gasteiger partial charge on any atom is -0.461 e. The Morgan fingerprint density at radius 1 is 1.10 bits per heavy atom. The molecule has 0 bridgehead atoms. The molecule has 0 aliphatic rings. The van der Waals surface area contributed by atoms with Crippen LogP contribution in [-0.2, 0) is 4.74 Å². The first-order valence-corrected chi connectivity index (χ1v) is 7.24. The van der Waals surface area contributed by atoms with Crippen molar-refractivity contribution in [3.05, 3.63) is 0 Å². The summed E-state index contributed by atoms with van der Waals surface area (Å²) in [4.78, 5) is 12.7. The largest absolute Gasteiger partial charge is 0.461 e. The summed E-state index contributed by atoms with van der Waals surface area (Å²) in [7, 11) is 0. The number of ether oxygens (including phenoxy) is 2. The van der Waals surface area contributed by atoms with Crippen molar-refractivity contribution in [2.45, 2.75) is 33.3 Å². The molecule has 8 nitrogen and oxygen atoms in total. The van der Waals surface area contributed by atoms with Gasteiger partial charge in [0, 0.05) is 19.7 Å². The lowest BCUT2D eigenvalue weighted by molar-refractivity contribution is 0.0921. The van der Waals surface area contributed by atoms with Gasteiger partial charge in [-0.2, -0.15) is 15.0 Å². The zero-order valence-corrected chi connectivity index (χ0v) is 12.9. The molecule has 0 saturated carbocycles. The van der Waals surface area contributed by atoms with Crippen LogP contribution in [0.15, 0.2) is 0 Å². The number of aromatic nitrogens is 3. The predicted molar refractivity (Wildman–Crippen MR) is 80.8 cm³/mol. The highest BCUT2D eigenvalue weighted by atomic mass is 16.5. The number of aliphatic hydroxyl groups excluding tert-OH is 1. The molecule has 1 aromatic rings. The molecule has 1 aromatic heterocycles. The minimum absolute atomic E-state index is 0.00149. The monoisotopic (exact) mass is 299 g/mol. The number of nitrogens with one attached hydrogen (secondary N) is 2. The molecule has 0 aromatic carbocycles. The second-order valence-electron chi connectivity index (χ2n) is 4.58. The molecule has 1 rings (SSSR count). The van der Waals surface area contributed by atoms with Gasteiger partial charge in [0.25, 0.3) is 0 Å². The molecule has 21 heavy (non-hydrogen) atoms. The van der Waals surface area contributed by atoms with Crippen LogP contribution in [0.5, 0.6) is 6.01 Å². The number of hydrogen-bond acceptors (Lipinski definition) is 8. The van der Waals surface area contributed by atoms with E-state index in [-0.39, 0.29) is 12.7 Å². The van der Waals surface area contributed by atoms with Crippen LogP contribution in [0.25, 0.3) is 0 Å². The Balaban J connectivity index is 2.52. The van der Waals surface area contributed by atoms with Gasteiger partial charge >= 0.3 is 6.01 Å². The van der Waals surface area contributed by atoms with Gasteiger partial charge in [-0.15, -0.1) is 0 Å². The van der Waals surface area contributed by atoms with Crippen LogP contribution in [0, 0.1) is 0 Å². The zero-order chi connectivity index (χ0) is 15.5. The molecule has 0 amide bonds. The molecule has 120 valence electrons. The van der Waals surface area contributed by atoms with Gasteiger partial charge in [0.2, 0.25) is 11.9 Å². The quantitative estimate of drug-likeness (QED) is 0.518. The molecule has 0 atom stereocenters. The van der Waals surface area contributed by atoms with Crippen molar-refractivity contribution in [2.24, 2.45) is 0 Å². The van der Waals surface area contributed by atoms with Crippen molar-refractivity contribution in [2.75, 3.05) is 43.5 Å². The Hall–Kier alpha value is -1.67. The minimum atomic E-state index is 0.00149. The SMILES string of the molecule is CCNc1nc(NCCCOCCO)nc(OC(C)C)n1. The van der Waals surface area contributed by atoms with Crippen molar-refractivity contribution >= 4 is 11.9 Å². The number of hydrogen-bond donors (Lipinski definition) is 3. The van der Waals surface area contributed by atoms with Crippen molar-refractivity contribution in [3.63, 3.8) is 0 Å². The standard InChI is InChI=1S/C13H25N5O3/c1-4-14-11-16-12(15-6-5-8-20-9-7-19)18-13(17-11)21-10(2)3/h10,19H,4-9H2,1-3H3,(H2,14,15,16,17,18). The van der Waals surface area contributed by atoms with Gasteiger partial charge in [-0.05, 0) is 27.2 Å². The fraction of sp³-hybridized carbons (Fsp3) is 0.769. The van der Waals surface area contributed by atoms with Crippen molar-refractivity contribution in [1.29, 1.82) is 0 Å². The molecule has 0 aliphatic carbocycles. The van der Waals surface area contributed by atoms with Crippen LogP contribution in [0.2, 0.25) is 0 Å². The average molecular weight is 299 g/mol. The number of nitrogens with zero attached hydrogens (tertiary/aromatic N) is 3. The van der Waals surface area contributed by atoms with Gasteiger partial charge in [-0.3, -0.25) is 0 Å². The van der Waals surface area contributed by atoms with E-state index < -0.39 is 0 Å². The fourth-order valence-corrected chi connectivity index (χ4v) is 1.48. The van der Waals surface area contributed by atoms with Gasteiger partial charge in [0.1, 0.15) is 0 Å². The summed E-state index contributed by atoms with van der Waals surface area (Å²) in [6, 6.07) is 0.301. The van der Waals surface area contributed by atoms with Crippen molar-refractivity contribution in [1.82, 2.24) is 15.0 Å². The fourth-order valence-electron chi connectivity index (χ4n) is 1.48. The maximum absolute atomic E-state index is 8.60. The summed E-state index contributed by atoms with van der Waals surface area (Å²) in [5.41, 5.74) is 0. The summed E-state index contributed by atoms with van der Waals surface area (Å²) in [5.74, 6) is 0.959. The van der Waals surface area contributed by atoms with Gasteiger partial charge in [-0.25, -0.2) is 0 Å². The average Bonchev–Trinajstić information content (AvgIpc) is 2.42. The lowest BCUT2D eigenvalue weighted by Gasteiger charge is -2.11. The first-order chi connectivity index (χ1) is 10.2. The third-order valence-corrected chi connectivity index (χ3v) is 2.28. The highest BCUT2D eigenvalue weighted by Gasteiger charge is 2.08. The van der Waals surface area contributed by atoms with Crippen LogP contribution in [0.1, 0.15) is 27.2 Å². The molecular weight excluding hydrogens is 274 g/mol. The molecule has 0 spiro atoms. The molecule has 0 unspecified atom stereocenters. The van der Waals surface area contributed by atoms with E-state index in [4.69, 9.17) is 14.6 Å². The third kappa shape index (κ3) is 7.62. The molecule has 8 heteroatoms. The molecule has 1 heterocycles. The Bertz CT molecular complexity index is 403. The van der Waals surface area contributed by atoms with Gasteiger partial charge in [0.15, 0.2) is 0 Å². The maximum atomic E-state index is 8.60. The zero-order valence-electron chi connectivity index (χ0n) is 12.9. The van der Waals surface area contributed by atoms with Gasteiger partial charge in [0.05, 0.1) is 19.3 Å². The predicted octanol–water partition coefficient (Wildman–Crippen LogP) is 0.901. The van der Waals surface area contributed by atoms with Gasteiger partial charge in [-0.1, -0.05) is 0 Å². The van der Waals surface area contributed by atoms with Crippen molar-refractivity contribution < 1.29 is 14.6 Å². The normalized spacial score (nSPS) is 10.7. The Kier molecular flexibility index (Phi) is 8.37. The van der Waals surface area contributed by atoms with Crippen molar-refractivity contribution in [3.8, 4) is 6.01 Å². The smallest absolute Gasteiger partial charge is 0.323 e. The second-order valence-corrected chi connectivity index (χ2v) is 4.58. The van der Waals surface area contributed by atoms with Crippen LogP contribution in [0.4, 0.5) is 11.9 Å². The number of anilines is 2. The van der Waals surface area contributed by atoms with Gasteiger partial charge < -0.3 is 25.2 Å². The second kappa shape index (κ2) is 10.1. The van der Waals surface area contributed by atoms with E-state index in [1.165, 1.54) is 0 Å². The lowest BCUT2D eigenvalue weighted by atomic mass is 10.4. The summed E-state index contributed by atoms with van der Waals surface area (Å²) < 4.78 is 10.7. The summed E-state index contributed by atoms with van der Waals surface area (Å²) in [6.45, 7) is 8.18. The van der Waals surface area contributed by atoms with E-state index in [9.17, 15) is 0 Å². The van der Waals surface area contributed by atoms with E-state index in [1.807, 2.05) is 20.8 Å². The first-order valence-electron chi connectivity index (χ1n) is 7.24. The van der Waals surface area contributed by atoms with Crippen LogP contribution < -0.4 is 15.4 Å². The number of rotatable bonds is 11. The summed E-state index contributed by atoms with van der Waals surface area (Å²) in [6.07, 6.45) is 0.796. The van der Waals surface area contributed by atoms with Crippen LogP contribution in [0.3, 0.4) is 0 Å². The molecule has 0 fully saturated rings. The van der Waals surface area contributed by atoms with E-state index >= 15 is 0 Å². The Morgan fingerprint density at radius 2 is 1.81 bits per heavy atom. The molecule has 3 N–H and O–H groups in total. The third-order valence-electron chi connectivity index (χ3n) is 2.28. The van der Waals surface area contributed by atoms with E-state index in [2.05, 4.69) is 25.6 Å². The van der Waals surface area contributed by atoms with Crippen LogP contribution >= 0.6 is 0 Å². The molecule has 0 radical (unpaired) electrons. The Labute approximate surface area is 125 Å². The topological polar surface area (TPSA) is 101 Å². The molecule has 0 aliphatic heterocycles. The highest BCUT2D eigenvalue weighted by Crippen LogP contribution is 2.12.